The minimum atomic E-state index is -1.50. The molecule has 0 spiro atoms. The van der Waals surface area contributed by atoms with Crippen molar-refractivity contribution >= 4 is 28.6 Å². The lowest BCUT2D eigenvalue weighted by Crippen LogP contribution is -2.26. The van der Waals surface area contributed by atoms with E-state index in [0.29, 0.717) is 6.07 Å². The van der Waals surface area contributed by atoms with Crippen molar-refractivity contribution in [2.75, 3.05) is 0 Å². The fourth-order valence-corrected chi connectivity index (χ4v) is 1.40. The summed E-state index contributed by atoms with van der Waals surface area (Å²) >= 11 is 1.49. The monoisotopic (exact) mass is 358 g/mol. The maximum atomic E-state index is 13.5. The number of ether oxygens (including phenoxy) is 1. The minimum absolute atomic E-state index is 0.154. The Kier molecular flexibility index (Phi) is 4.06. The van der Waals surface area contributed by atoms with E-state index < -0.39 is 34.6 Å². The maximum absolute atomic E-state index is 13.5. The van der Waals surface area contributed by atoms with Crippen LogP contribution in [-0.4, -0.2) is 5.97 Å². The summed E-state index contributed by atoms with van der Waals surface area (Å²) in [6.45, 7) is 4.57. The average Bonchev–Trinajstić information content (AvgIpc) is 2.20. The zero-order valence-electron chi connectivity index (χ0n) is 9.41. The molecular formula is C11H10F3IO2. The number of carbonyl (C=O) groups is 1. The van der Waals surface area contributed by atoms with Gasteiger partial charge >= 0.3 is 5.97 Å². The van der Waals surface area contributed by atoms with E-state index in [2.05, 4.69) is 4.74 Å². The zero-order chi connectivity index (χ0) is 13.4. The van der Waals surface area contributed by atoms with Gasteiger partial charge in [0.2, 0.25) is 11.6 Å². The minimum Gasteiger partial charge on any atom is -0.420 e. The first-order valence-corrected chi connectivity index (χ1v) is 5.77. The summed E-state index contributed by atoms with van der Waals surface area (Å²) in [5, 5.41) is 0. The zero-order valence-corrected chi connectivity index (χ0v) is 11.6. The Morgan fingerprint density at radius 2 is 1.76 bits per heavy atom. The van der Waals surface area contributed by atoms with Crippen LogP contribution in [-0.2, 0) is 4.79 Å². The highest BCUT2D eigenvalue weighted by atomic mass is 127. The Morgan fingerprint density at radius 1 is 1.24 bits per heavy atom. The summed E-state index contributed by atoms with van der Waals surface area (Å²) in [6, 6.07) is 0.694. The molecule has 17 heavy (non-hydrogen) atoms. The van der Waals surface area contributed by atoms with Gasteiger partial charge < -0.3 is 4.74 Å². The van der Waals surface area contributed by atoms with Gasteiger partial charge in [0.1, 0.15) is 0 Å². The van der Waals surface area contributed by atoms with E-state index in [1.807, 2.05) is 0 Å². The van der Waals surface area contributed by atoms with Crippen LogP contribution in [0, 0.1) is 26.4 Å². The molecule has 0 fully saturated rings. The molecule has 0 aliphatic heterocycles. The first-order valence-electron chi connectivity index (χ1n) is 4.70. The highest BCUT2D eigenvalue weighted by molar-refractivity contribution is 14.1. The Labute approximate surface area is 110 Å². The second-order valence-corrected chi connectivity index (χ2v) is 5.60. The second-order valence-electron chi connectivity index (χ2n) is 4.44. The molecule has 0 saturated heterocycles. The molecule has 1 aromatic carbocycles. The van der Waals surface area contributed by atoms with E-state index in [-0.39, 0.29) is 3.57 Å². The van der Waals surface area contributed by atoms with Gasteiger partial charge in [0.05, 0.1) is 8.99 Å². The Balaban J connectivity index is 3.20. The molecule has 0 unspecified atom stereocenters. The highest BCUT2D eigenvalue weighted by Crippen LogP contribution is 2.30. The molecule has 2 nitrogen and oxygen atoms in total. The highest BCUT2D eigenvalue weighted by Gasteiger charge is 2.28. The van der Waals surface area contributed by atoms with Crippen LogP contribution in [0.5, 0.6) is 5.75 Å². The van der Waals surface area contributed by atoms with E-state index in [1.165, 1.54) is 43.4 Å². The average molecular weight is 358 g/mol. The van der Waals surface area contributed by atoms with Crippen molar-refractivity contribution in [1.82, 2.24) is 0 Å². The fourth-order valence-electron chi connectivity index (χ4n) is 0.887. The van der Waals surface area contributed by atoms with Crippen LogP contribution < -0.4 is 4.74 Å². The number of esters is 1. The second kappa shape index (κ2) is 4.83. The Morgan fingerprint density at radius 3 is 2.24 bits per heavy atom. The van der Waals surface area contributed by atoms with E-state index in [4.69, 9.17) is 0 Å². The number of benzene rings is 1. The maximum Gasteiger partial charge on any atom is 0.316 e. The summed E-state index contributed by atoms with van der Waals surface area (Å²) < 4.78 is 44.2. The molecule has 0 N–H and O–H groups in total. The van der Waals surface area contributed by atoms with E-state index in [0.717, 1.165) is 0 Å². The van der Waals surface area contributed by atoms with Crippen LogP contribution >= 0.6 is 22.6 Å². The van der Waals surface area contributed by atoms with Crippen LogP contribution in [0.3, 0.4) is 0 Å². The van der Waals surface area contributed by atoms with Crippen LogP contribution in [0.15, 0.2) is 6.07 Å². The molecule has 0 radical (unpaired) electrons. The van der Waals surface area contributed by atoms with Crippen molar-refractivity contribution in [3.8, 4) is 5.75 Å². The third kappa shape index (κ3) is 3.11. The summed E-state index contributed by atoms with van der Waals surface area (Å²) in [6.07, 6.45) is 0. The van der Waals surface area contributed by atoms with E-state index >= 15 is 0 Å². The predicted octanol–water partition coefficient (Wildman–Crippen LogP) is 3.66. The van der Waals surface area contributed by atoms with Gasteiger partial charge in [-0.1, -0.05) is 0 Å². The number of carbonyl (C=O) groups excluding carboxylic acids is 1. The van der Waals surface area contributed by atoms with Crippen molar-refractivity contribution in [2.24, 2.45) is 5.41 Å². The molecule has 94 valence electrons. The first kappa shape index (κ1) is 14.3. The number of halogens is 4. The molecule has 1 rings (SSSR count). The topological polar surface area (TPSA) is 26.3 Å². The van der Waals surface area contributed by atoms with Crippen molar-refractivity contribution < 1.29 is 22.7 Å². The van der Waals surface area contributed by atoms with Gasteiger partial charge in [-0.25, -0.2) is 8.78 Å². The SMILES string of the molecule is CC(C)(C)C(=O)Oc1c(F)c(F)cc(I)c1F. The van der Waals surface area contributed by atoms with Gasteiger partial charge in [-0.15, -0.1) is 0 Å². The molecule has 0 aliphatic carbocycles. The smallest absolute Gasteiger partial charge is 0.316 e. The standard InChI is InChI=1S/C11H10F3IO2/c1-11(2,3)10(16)17-9-7(13)5(12)4-6(15)8(9)14/h4H,1-3H3. The van der Waals surface area contributed by atoms with E-state index in [9.17, 15) is 18.0 Å². The molecule has 0 amide bonds. The van der Waals surface area contributed by atoms with E-state index in [1.54, 1.807) is 0 Å². The lowest BCUT2D eigenvalue weighted by atomic mass is 9.97. The summed E-state index contributed by atoms with van der Waals surface area (Å²) in [7, 11) is 0. The Hall–Kier alpha value is -0.790. The summed E-state index contributed by atoms with van der Waals surface area (Å²) in [4.78, 5) is 11.5. The van der Waals surface area contributed by atoms with Crippen LogP contribution in [0.1, 0.15) is 20.8 Å². The van der Waals surface area contributed by atoms with Gasteiger partial charge in [0.15, 0.2) is 11.6 Å². The molecule has 1 aromatic rings. The molecule has 0 bridgehead atoms. The number of rotatable bonds is 1. The van der Waals surface area contributed by atoms with Crippen molar-refractivity contribution in [1.29, 1.82) is 0 Å². The molecule has 0 heterocycles. The molecule has 0 atom stereocenters. The summed E-state index contributed by atoms with van der Waals surface area (Å²) in [5.41, 5.74) is -0.934. The molecule has 0 saturated carbocycles. The lowest BCUT2D eigenvalue weighted by Gasteiger charge is -2.17. The quantitative estimate of drug-likeness (QED) is 0.332. The van der Waals surface area contributed by atoms with Crippen molar-refractivity contribution in [3.63, 3.8) is 0 Å². The third-order valence-corrected chi connectivity index (χ3v) is 2.66. The normalized spacial score (nSPS) is 11.5. The largest absolute Gasteiger partial charge is 0.420 e. The first-order chi connectivity index (χ1) is 7.64. The molecule has 6 heteroatoms. The molecule has 0 aromatic heterocycles. The van der Waals surface area contributed by atoms with Gasteiger partial charge in [0, 0.05) is 0 Å². The molecular weight excluding hydrogens is 348 g/mol. The van der Waals surface area contributed by atoms with Gasteiger partial charge in [-0.05, 0) is 49.4 Å². The Bertz CT molecular complexity index is 441. The van der Waals surface area contributed by atoms with Crippen molar-refractivity contribution in [3.05, 3.63) is 27.1 Å². The summed E-state index contributed by atoms with van der Waals surface area (Å²) in [5.74, 6) is -5.67. The fraction of sp³-hybridized carbons (Fsp3) is 0.364. The van der Waals surface area contributed by atoms with Crippen molar-refractivity contribution in [2.45, 2.75) is 20.8 Å². The van der Waals surface area contributed by atoms with Gasteiger partial charge in [-0.2, -0.15) is 4.39 Å². The van der Waals surface area contributed by atoms with Crippen LogP contribution in [0.25, 0.3) is 0 Å². The van der Waals surface area contributed by atoms with Crippen LogP contribution in [0.2, 0.25) is 0 Å². The molecule has 0 aliphatic rings. The number of hydrogen-bond donors (Lipinski definition) is 0. The lowest BCUT2D eigenvalue weighted by molar-refractivity contribution is -0.143. The third-order valence-electron chi connectivity index (χ3n) is 1.88. The van der Waals surface area contributed by atoms with Gasteiger partial charge in [-0.3, -0.25) is 4.79 Å². The predicted molar refractivity (Wildman–Crippen MR) is 64.1 cm³/mol. The van der Waals surface area contributed by atoms with Gasteiger partial charge in [0.25, 0.3) is 0 Å². The number of hydrogen-bond acceptors (Lipinski definition) is 2. The van der Waals surface area contributed by atoms with Crippen LogP contribution in [0.4, 0.5) is 13.2 Å².